The Hall–Kier alpha value is -8.08. The predicted molar refractivity (Wildman–Crippen MR) is 282 cm³/mol. The van der Waals surface area contributed by atoms with Crippen molar-refractivity contribution in [3.63, 3.8) is 0 Å². The van der Waals surface area contributed by atoms with E-state index in [9.17, 15) is 47.9 Å². The fourth-order valence-corrected chi connectivity index (χ4v) is 7.91. The van der Waals surface area contributed by atoms with Crippen LogP contribution in [0.4, 0.5) is 24.1 Å². The van der Waals surface area contributed by atoms with E-state index < -0.39 is 65.6 Å². The van der Waals surface area contributed by atoms with Crippen molar-refractivity contribution in [1.29, 1.82) is 0 Å². The van der Waals surface area contributed by atoms with Crippen LogP contribution in [0.2, 0.25) is 0 Å². The molecule has 0 aliphatic carbocycles. The number of imide groups is 1. The van der Waals surface area contributed by atoms with Crippen LogP contribution >= 0.6 is 0 Å². The van der Waals surface area contributed by atoms with Crippen molar-refractivity contribution in [2.24, 2.45) is 17.1 Å². The summed E-state index contributed by atoms with van der Waals surface area (Å²) in [6.07, 6.45) is 4.68. The fourth-order valence-electron chi connectivity index (χ4n) is 7.91. The van der Waals surface area contributed by atoms with Crippen LogP contribution in [0.25, 0.3) is 11.4 Å². The average molecular weight is 1070 g/mol. The van der Waals surface area contributed by atoms with E-state index in [0.717, 1.165) is 35.1 Å². The van der Waals surface area contributed by atoms with Crippen molar-refractivity contribution in [3.8, 4) is 11.4 Å². The molecule has 0 saturated heterocycles. The van der Waals surface area contributed by atoms with E-state index in [1.165, 1.54) is 17.1 Å². The van der Waals surface area contributed by atoms with Gasteiger partial charge in [-0.2, -0.15) is 5.10 Å². The molecule has 0 bridgehead atoms. The maximum absolute atomic E-state index is 15.0. The van der Waals surface area contributed by atoms with E-state index in [2.05, 4.69) is 36.7 Å². The normalized spacial score (nSPS) is 12.8. The molecule has 0 radical (unpaired) electrons. The highest BCUT2D eigenvalue weighted by molar-refractivity contribution is 6.12. The summed E-state index contributed by atoms with van der Waals surface area (Å²) in [6, 6.07) is 16.6. The van der Waals surface area contributed by atoms with Gasteiger partial charge in [0.25, 0.3) is 11.8 Å². The number of unbranched alkanes of at least 4 members (excludes halogenated alkanes) is 2. The minimum absolute atomic E-state index is 0.0608. The summed E-state index contributed by atoms with van der Waals surface area (Å²) in [5, 5.41) is 27.7. The van der Waals surface area contributed by atoms with E-state index in [4.69, 9.17) is 10.5 Å². The minimum Gasteiger partial charge on any atom is -0.445 e. The first kappa shape index (κ1) is 61.5. The van der Waals surface area contributed by atoms with Crippen LogP contribution in [-0.2, 0) is 46.7 Å². The summed E-state index contributed by atoms with van der Waals surface area (Å²) in [5.74, 6) is -4.15. The first-order valence-electron chi connectivity index (χ1n) is 25.4. The second kappa shape index (κ2) is 30.5. The third kappa shape index (κ3) is 20.2. The van der Waals surface area contributed by atoms with Crippen molar-refractivity contribution in [3.05, 3.63) is 114 Å². The molecule has 9 amide bonds. The van der Waals surface area contributed by atoms with Gasteiger partial charge in [-0.1, -0.05) is 90.4 Å². The Morgan fingerprint density at radius 1 is 0.831 bits per heavy atom. The van der Waals surface area contributed by atoms with Crippen LogP contribution < -0.4 is 32.3 Å². The number of hydrogen-bond donors (Lipinski definition) is 7. The summed E-state index contributed by atoms with van der Waals surface area (Å²) < 4.78 is 36.2. The number of ether oxygens (including phenoxy) is 1. The Kier molecular flexibility index (Phi) is 24.3. The highest BCUT2D eigenvalue weighted by Crippen LogP contribution is 2.39. The SMILES string of the molecule is CC(C)C(NC(=O)CCCCCN1C(=O)C=CC1=O)C(=O)NCC(=O)Nc1ccc(COC(=O)NCCCN(C(=O)CO)C(c2nc(-c3cc(F)ccc3F)nn2Cc2ccccc2)C(C)(C)C)cc1.CCCNC(N)=O. The molecule has 0 saturated carbocycles. The summed E-state index contributed by atoms with van der Waals surface area (Å²) in [4.78, 5) is 105. The van der Waals surface area contributed by atoms with Crippen molar-refractivity contribution < 1.29 is 57.0 Å². The van der Waals surface area contributed by atoms with Gasteiger partial charge in [-0.25, -0.2) is 28.0 Å². The van der Waals surface area contributed by atoms with Gasteiger partial charge in [0.1, 0.15) is 30.9 Å². The van der Waals surface area contributed by atoms with Crippen molar-refractivity contribution in [2.75, 3.05) is 44.6 Å². The minimum atomic E-state index is -0.878. The van der Waals surface area contributed by atoms with Crippen LogP contribution in [0.5, 0.6) is 0 Å². The maximum Gasteiger partial charge on any atom is 0.407 e. The molecule has 0 fully saturated rings. The molecule has 8 N–H and O–H groups in total. The van der Waals surface area contributed by atoms with Gasteiger partial charge < -0.3 is 47.1 Å². The summed E-state index contributed by atoms with van der Waals surface area (Å²) in [6.45, 7) is 11.1. The number of carbonyl (C=O) groups excluding carboxylic acids is 8. The van der Waals surface area contributed by atoms with Gasteiger partial charge in [0, 0.05) is 50.4 Å². The molecule has 2 unspecified atom stereocenters. The number of aliphatic hydroxyl groups excluding tert-OH is 1. The lowest BCUT2D eigenvalue weighted by Gasteiger charge is -2.39. The number of primary amides is 1. The Morgan fingerprint density at radius 2 is 1.52 bits per heavy atom. The Labute approximate surface area is 446 Å². The molecule has 21 nitrogen and oxygen atoms in total. The number of nitrogens with one attached hydrogen (secondary N) is 5. The Bertz CT molecular complexity index is 2660. The number of rotatable bonds is 26. The highest BCUT2D eigenvalue weighted by Gasteiger charge is 2.39. The van der Waals surface area contributed by atoms with Crippen LogP contribution in [0.15, 0.2) is 84.9 Å². The lowest BCUT2D eigenvalue weighted by atomic mass is 9.84. The monoisotopic (exact) mass is 1070 g/mol. The van der Waals surface area contributed by atoms with Gasteiger partial charge in [0.05, 0.1) is 24.7 Å². The molecule has 2 atom stereocenters. The van der Waals surface area contributed by atoms with E-state index in [1.807, 2.05) is 58.0 Å². The van der Waals surface area contributed by atoms with E-state index >= 15 is 4.39 Å². The first-order valence-corrected chi connectivity index (χ1v) is 25.4. The molecule has 0 spiro atoms. The summed E-state index contributed by atoms with van der Waals surface area (Å²) >= 11 is 0. The lowest BCUT2D eigenvalue weighted by Crippen LogP contribution is -2.51. The zero-order valence-electron chi connectivity index (χ0n) is 44.4. The highest BCUT2D eigenvalue weighted by atomic mass is 19.1. The number of alkyl carbamates (subject to hydrolysis) is 1. The van der Waals surface area contributed by atoms with Crippen molar-refractivity contribution in [1.82, 2.24) is 45.8 Å². The number of aliphatic hydroxyl groups is 1. The number of urea groups is 1. The van der Waals surface area contributed by atoms with Gasteiger partial charge in [0.15, 0.2) is 11.6 Å². The van der Waals surface area contributed by atoms with E-state index in [0.29, 0.717) is 37.1 Å². The van der Waals surface area contributed by atoms with Gasteiger partial charge in [0.2, 0.25) is 23.6 Å². The lowest BCUT2D eigenvalue weighted by molar-refractivity contribution is -0.140. The maximum atomic E-state index is 15.0. The second-order valence-corrected chi connectivity index (χ2v) is 19.4. The van der Waals surface area contributed by atoms with Gasteiger partial charge in [-0.05, 0) is 78.5 Å². The summed E-state index contributed by atoms with van der Waals surface area (Å²) in [7, 11) is 0. The van der Waals surface area contributed by atoms with Crippen molar-refractivity contribution >= 4 is 53.3 Å². The quantitative estimate of drug-likeness (QED) is 0.0314. The number of benzene rings is 3. The molecule has 77 heavy (non-hydrogen) atoms. The van der Waals surface area contributed by atoms with Gasteiger partial charge in [-0.3, -0.25) is 33.7 Å². The Balaban J connectivity index is 0.00000171. The molecule has 1 aliphatic rings. The molecule has 2 heterocycles. The van der Waals surface area contributed by atoms with Crippen LogP contribution in [0.1, 0.15) is 103 Å². The number of carbonyl (C=O) groups is 8. The molecule has 4 aromatic rings. The van der Waals surface area contributed by atoms with E-state index in [-0.39, 0.29) is 93.0 Å². The van der Waals surface area contributed by atoms with Gasteiger partial charge >= 0.3 is 12.1 Å². The zero-order chi connectivity index (χ0) is 56.7. The largest absolute Gasteiger partial charge is 0.445 e. The second-order valence-electron chi connectivity index (χ2n) is 19.4. The third-order valence-electron chi connectivity index (χ3n) is 11.8. The number of hydrogen-bond acceptors (Lipinski definition) is 12. The standard InChI is InChI=1S/C50H61F2N9O9.C4H10N2O/c1-32(2)44(56-39(63)15-10-7-11-25-59-41(65)22-23-42(59)66)48(68)54-28-40(64)55-36-19-16-34(17-20-36)31-70-49(69)53-24-12-26-60(43(67)30-62)45(50(3,4)5)47-57-46(37-27-35(51)18-21-38(37)52)58-61(47)29-33-13-8-6-9-14-33;1-2-3-6-4(5)7/h6,8-9,13-14,16-23,27,32,44-45,62H,7,10-12,15,24-26,28-31H2,1-5H3,(H,53,69)(H,54,68)(H,55,64)(H,56,63);2-3H2,1H3,(H3,5,6,7). The number of anilines is 1. The summed E-state index contributed by atoms with van der Waals surface area (Å²) in [5.41, 5.74) is 5.73. The number of aromatic nitrogens is 3. The van der Waals surface area contributed by atoms with Gasteiger partial charge in [-0.15, -0.1) is 0 Å². The first-order chi connectivity index (χ1) is 36.6. The molecular formula is C54H71F2N11O10. The van der Waals surface area contributed by atoms with Crippen LogP contribution in [0, 0.1) is 23.0 Å². The fraction of sp³-hybridized carbons (Fsp3) is 0.444. The van der Waals surface area contributed by atoms with Crippen LogP contribution in [-0.4, -0.2) is 123 Å². The Morgan fingerprint density at radius 3 is 2.13 bits per heavy atom. The predicted octanol–water partition coefficient (Wildman–Crippen LogP) is 5.24. The zero-order valence-corrected chi connectivity index (χ0v) is 44.4. The van der Waals surface area contributed by atoms with Crippen LogP contribution in [0.3, 0.4) is 0 Å². The third-order valence-corrected chi connectivity index (χ3v) is 11.8. The molecule has 416 valence electrons. The average Bonchev–Trinajstić information content (AvgIpc) is 3.99. The molecule has 3 aromatic carbocycles. The molecular weight excluding hydrogens is 1000 g/mol. The van der Waals surface area contributed by atoms with E-state index in [1.54, 1.807) is 42.8 Å². The number of nitrogens with two attached hydrogens (primary N) is 1. The molecule has 1 aromatic heterocycles. The van der Waals surface area contributed by atoms with Crippen molar-refractivity contribution in [2.45, 2.75) is 105 Å². The molecule has 1 aliphatic heterocycles. The molecule has 23 heteroatoms. The molecule has 5 rings (SSSR count). The number of halogens is 2. The number of amides is 9. The number of nitrogens with zero attached hydrogens (tertiary/aromatic N) is 5. The smallest absolute Gasteiger partial charge is 0.407 e. The topological polar surface area (TPSA) is 289 Å².